The van der Waals surface area contributed by atoms with E-state index in [2.05, 4.69) is 56.6 Å². The molecule has 0 saturated carbocycles. The van der Waals surface area contributed by atoms with Gasteiger partial charge in [0.05, 0.1) is 11.0 Å². The molecule has 2 rings (SSSR count). The van der Waals surface area contributed by atoms with Crippen molar-refractivity contribution in [3.8, 4) is 0 Å². The number of hydrogen-bond donors (Lipinski definition) is 0. The van der Waals surface area contributed by atoms with Gasteiger partial charge in [-0.3, -0.25) is 0 Å². The van der Waals surface area contributed by atoms with Gasteiger partial charge in [0.25, 0.3) is 0 Å². The van der Waals surface area contributed by atoms with Crippen molar-refractivity contribution in [2.45, 2.75) is 13.0 Å². The summed E-state index contributed by atoms with van der Waals surface area (Å²) in [5.74, 6) is 2.83. The van der Waals surface area contributed by atoms with Crippen molar-refractivity contribution in [3.63, 3.8) is 0 Å². The summed E-state index contributed by atoms with van der Waals surface area (Å²) < 4.78 is 3.52. The summed E-state index contributed by atoms with van der Waals surface area (Å²) in [6.45, 7) is 1.00. The Bertz CT molecular complexity index is 512. The average molecular weight is 381 g/mol. The number of nitrogens with zero attached hydrogens (tertiary/aromatic N) is 2. The minimum Gasteiger partial charge on any atom is -0.327 e. The number of imidazole rings is 1. The summed E-state index contributed by atoms with van der Waals surface area (Å²) in [6.07, 6.45) is 2.96. The third kappa shape index (κ3) is 3.09. The molecular formula is C12H14ClIN2S. The van der Waals surface area contributed by atoms with E-state index >= 15 is 0 Å². The van der Waals surface area contributed by atoms with E-state index in [1.807, 2.05) is 11.8 Å². The Morgan fingerprint density at radius 3 is 3.00 bits per heavy atom. The highest BCUT2D eigenvalue weighted by atomic mass is 127. The second kappa shape index (κ2) is 6.29. The first kappa shape index (κ1) is 13.5. The van der Waals surface area contributed by atoms with Crippen LogP contribution in [0.25, 0.3) is 11.0 Å². The fourth-order valence-corrected chi connectivity index (χ4v) is 2.87. The lowest BCUT2D eigenvalue weighted by Crippen LogP contribution is -2.06. The van der Waals surface area contributed by atoms with Crippen molar-refractivity contribution in [2.75, 3.05) is 17.9 Å². The van der Waals surface area contributed by atoms with Crippen molar-refractivity contribution in [1.82, 2.24) is 9.55 Å². The molecule has 0 fully saturated rings. The molecule has 1 heterocycles. The largest absolute Gasteiger partial charge is 0.327 e. The maximum Gasteiger partial charge on any atom is 0.111 e. The third-order valence-corrected chi connectivity index (χ3v) is 4.08. The number of hydrogen-bond acceptors (Lipinski definition) is 2. The first-order chi connectivity index (χ1) is 8.26. The maximum atomic E-state index is 5.84. The molecule has 0 atom stereocenters. The van der Waals surface area contributed by atoms with E-state index in [1.54, 1.807) is 0 Å². The first-order valence-corrected chi connectivity index (χ1v) is 8.46. The van der Waals surface area contributed by atoms with Gasteiger partial charge in [-0.15, -0.1) is 11.6 Å². The van der Waals surface area contributed by atoms with Crippen LogP contribution in [0.3, 0.4) is 0 Å². The summed E-state index contributed by atoms with van der Waals surface area (Å²) in [7, 11) is 0. The van der Waals surface area contributed by atoms with Gasteiger partial charge in [-0.1, -0.05) is 0 Å². The number of halogens is 2. The summed E-state index contributed by atoms with van der Waals surface area (Å²) >= 11 is 10.0. The molecule has 0 unspecified atom stereocenters. The van der Waals surface area contributed by atoms with Crippen LogP contribution in [-0.4, -0.2) is 27.4 Å². The van der Waals surface area contributed by atoms with Crippen LogP contribution in [-0.2, 0) is 13.0 Å². The van der Waals surface area contributed by atoms with E-state index in [0.717, 1.165) is 30.1 Å². The predicted octanol–water partition coefficient (Wildman–Crippen LogP) is 3.79. The number of rotatable bonds is 5. The molecule has 0 spiro atoms. The number of alkyl halides is 1. The monoisotopic (exact) mass is 380 g/mol. The smallest absolute Gasteiger partial charge is 0.111 e. The van der Waals surface area contributed by atoms with Crippen LogP contribution in [0.5, 0.6) is 0 Å². The Kier molecular flexibility index (Phi) is 4.99. The van der Waals surface area contributed by atoms with E-state index < -0.39 is 0 Å². The fourth-order valence-electron chi connectivity index (χ4n) is 1.86. The van der Waals surface area contributed by atoms with E-state index in [0.29, 0.717) is 5.88 Å². The molecule has 5 heteroatoms. The molecule has 0 N–H and O–H groups in total. The molecule has 0 aliphatic carbocycles. The highest BCUT2D eigenvalue weighted by Crippen LogP contribution is 2.20. The van der Waals surface area contributed by atoms with Crippen LogP contribution in [0.4, 0.5) is 0 Å². The first-order valence-electron chi connectivity index (χ1n) is 5.46. The average Bonchev–Trinajstić information content (AvgIpc) is 2.63. The molecular weight excluding hydrogens is 367 g/mol. The highest BCUT2D eigenvalue weighted by molar-refractivity contribution is 14.1. The van der Waals surface area contributed by atoms with Gasteiger partial charge in [0, 0.05) is 28.2 Å². The van der Waals surface area contributed by atoms with Crippen LogP contribution in [0.2, 0.25) is 0 Å². The SMILES string of the molecule is CSCCn1c(CCCl)nc2cc(I)ccc21. The van der Waals surface area contributed by atoms with Crippen molar-refractivity contribution in [1.29, 1.82) is 0 Å². The molecule has 0 aliphatic heterocycles. The number of benzene rings is 1. The van der Waals surface area contributed by atoms with Crippen molar-refractivity contribution < 1.29 is 0 Å². The second-order valence-corrected chi connectivity index (χ2v) is 6.35. The lowest BCUT2D eigenvalue weighted by Gasteiger charge is -2.07. The molecule has 1 aromatic carbocycles. The Morgan fingerprint density at radius 1 is 1.47 bits per heavy atom. The van der Waals surface area contributed by atoms with Gasteiger partial charge in [-0.2, -0.15) is 11.8 Å². The molecule has 17 heavy (non-hydrogen) atoms. The summed E-state index contributed by atoms with van der Waals surface area (Å²) in [5, 5.41) is 0. The summed E-state index contributed by atoms with van der Waals surface area (Å²) in [5.41, 5.74) is 2.30. The maximum absolute atomic E-state index is 5.84. The minimum atomic E-state index is 0.625. The Hall–Kier alpha value is 0.0600. The van der Waals surface area contributed by atoms with Crippen LogP contribution in [0.1, 0.15) is 5.82 Å². The summed E-state index contributed by atoms with van der Waals surface area (Å²) in [4.78, 5) is 4.68. The Morgan fingerprint density at radius 2 is 2.29 bits per heavy atom. The number of aromatic nitrogens is 2. The molecule has 1 aromatic heterocycles. The van der Waals surface area contributed by atoms with Gasteiger partial charge in [0.1, 0.15) is 5.82 Å². The minimum absolute atomic E-state index is 0.625. The van der Waals surface area contributed by atoms with Crippen molar-refractivity contribution >= 4 is 57.0 Å². The lowest BCUT2D eigenvalue weighted by molar-refractivity contribution is 0.734. The van der Waals surface area contributed by atoms with Gasteiger partial charge >= 0.3 is 0 Å². The molecule has 2 aromatic rings. The van der Waals surface area contributed by atoms with Crippen LogP contribution >= 0.6 is 46.0 Å². The van der Waals surface area contributed by atoms with E-state index in [4.69, 9.17) is 11.6 Å². The normalized spacial score (nSPS) is 11.2. The van der Waals surface area contributed by atoms with Crippen molar-refractivity contribution in [3.05, 3.63) is 27.6 Å². The van der Waals surface area contributed by atoms with Crippen molar-refractivity contribution in [2.24, 2.45) is 0 Å². The molecule has 0 amide bonds. The Balaban J connectivity index is 2.46. The zero-order valence-corrected chi connectivity index (χ0v) is 13.3. The zero-order valence-electron chi connectivity index (χ0n) is 9.62. The molecule has 2 nitrogen and oxygen atoms in total. The van der Waals surface area contributed by atoms with E-state index in [1.165, 1.54) is 9.09 Å². The second-order valence-electron chi connectivity index (χ2n) is 3.74. The number of aryl methyl sites for hydroxylation is 2. The molecule has 0 radical (unpaired) electrons. The van der Waals surface area contributed by atoms with Gasteiger partial charge in [0.2, 0.25) is 0 Å². The molecule has 0 saturated heterocycles. The molecule has 0 bridgehead atoms. The van der Waals surface area contributed by atoms with Crippen LogP contribution < -0.4 is 0 Å². The van der Waals surface area contributed by atoms with Gasteiger partial charge in [-0.25, -0.2) is 4.98 Å². The third-order valence-electron chi connectivity index (χ3n) is 2.63. The van der Waals surface area contributed by atoms with Gasteiger partial charge < -0.3 is 4.57 Å². The lowest BCUT2D eigenvalue weighted by atomic mass is 10.3. The van der Waals surface area contributed by atoms with Gasteiger partial charge in [0.15, 0.2) is 0 Å². The quantitative estimate of drug-likeness (QED) is 0.580. The Labute approximate surface area is 124 Å². The topological polar surface area (TPSA) is 17.8 Å². The van der Waals surface area contributed by atoms with Crippen LogP contribution in [0, 0.1) is 3.57 Å². The molecule has 92 valence electrons. The summed E-state index contributed by atoms with van der Waals surface area (Å²) in [6, 6.07) is 6.41. The number of thioether (sulfide) groups is 1. The number of fused-ring (bicyclic) bond motifs is 1. The highest BCUT2D eigenvalue weighted by Gasteiger charge is 2.10. The predicted molar refractivity (Wildman–Crippen MR) is 85.3 cm³/mol. The molecule has 0 aliphatic rings. The zero-order chi connectivity index (χ0) is 12.3. The van der Waals surface area contributed by atoms with Gasteiger partial charge in [-0.05, 0) is 47.0 Å². The van der Waals surface area contributed by atoms with E-state index in [9.17, 15) is 0 Å². The van der Waals surface area contributed by atoms with Crippen LogP contribution in [0.15, 0.2) is 18.2 Å². The standard InChI is InChI=1S/C12H14ClIN2S/c1-17-7-6-16-11-3-2-9(14)8-10(11)15-12(16)4-5-13/h2-3,8H,4-7H2,1H3. The van der Waals surface area contributed by atoms with E-state index in [-0.39, 0.29) is 0 Å². The fraction of sp³-hybridized carbons (Fsp3) is 0.417.